The first-order chi connectivity index (χ1) is 15.0. The van der Waals surface area contributed by atoms with E-state index in [1.54, 1.807) is 25.3 Å². The van der Waals surface area contributed by atoms with E-state index in [9.17, 15) is 4.79 Å². The molecule has 1 aliphatic rings. The number of carbonyl (C=O) groups excluding carboxylic acids is 1. The van der Waals surface area contributed by atoms with Gasteiger partial charge in [0.25, 0.3) is 0 Å². The zero-order valence-electron chi connectivity index (χ0n) is 17.6. The molecule has 1 amide bonds. The fourth-order valence-electron chi connectivity index (χ4n) is 3.84. The van der Waals surface area contributed by atoms with Gasteiger partial charge in [0.2, 0.25) is 5.91 Å². The number of halogens is 1. The second kappa shape index (κ2) is 9.35. The number of rotatable bonds is 5. The van der Waals surface area contributed by atoms with Gasteiger partial charge >= 0.3 is 0 Å². The van der Waals surface area contributed by atoms with Crippen LogP contribution in [-0.2, 0) is 4.79 Å². The Morgan fingerprint density at radius 1 is 1.16 bits per heavy atom. The normalized spacial score (nSPS) is 16.1. The largest absolute Gasteiger partial charge is 0.495 e. The van der Waals surface area contributed by atoms with Crippen molar-refractivity contribution in [1.82, 2.24) is 10.2 Å². The molecule has 1 atom stereocenters. The highest BCUT2D eigenvalue weighted by Crippen LogP contribution is 2.29. The Hall–Kier alpha value is -3.12. The molecule has 160 valence electrons. The standard InChI is InChI=1S/C24H25ClN4O2/c1-16-5-3-6-17(13-16)21-9-11-23(28-27-21)29-12-4-7-18(15-29)24(30)26-19-8-10-22(31-2)20(25)14-19/h3,5-6,8-11,13-14,18H,4,7,12,15H2,1-2H3,(H,26,30). The van der Waals surface area contributed by atoms with Gasteiger partial charge in [-0.25, -0.2) is 0 Å². The summed E-state index contributed by atoms with van der Waals surface area (Å²) in [5, 5.41) is 12.3. The Balaban J connectivity index is 1.42. The second-order valence-electron chi connectivity index (χ2n) is 7.77. The van der Waals surface area contributed by atoms with Crippen molar-refractivity contribution in [3.8, 4) is 17.0 Å². The van der Waals surface area contributed by atoms with Crippen molar-refractivity contribution in [2.75, 3.05) is 30.4 Å². The zero-order valence-corrected chi connectivity index (χ0v) is 18.4. The average Bonchev–Trinajstić information content (AvgIpc) is 2.79. The lowest BCUT2D eigenvalue weighted by Crippen LogP contribution is -2.41. The number of nitrogens with zero attached hydrogens (tertiary/aromatic N) is 3. The molecule has 4 rings (SSSR count). The molecule has 0 aliphatic carbocycles. The highest BCUT2D eigenvalue weighted by atomic mass is 35.5. The van der Waals surface area contributed by atoms with Crippen molar-refractivity contribution in [3.05, 3.63) is 65.2 Å². The molecule has 7 heteroatoms. The summed E-state index contributed by atoms with van der Waals surface area (Å²) in [6.07, 6.45) is 1.75. The fourth-order valence-corrected chi connectivity index (χ4v) is 4.10. The van der Waals surface area contributed by atoms with E-state index in [0.717, 1.165) is 36.5 Å². The Kier molecular flexibility index (Phi) is 6.37. The Morgan fingerprint density at radius 3 is 2.74 bits per heavy atom. The number of piperidine rings is 1. The van der Waals surface area contributed by atoms with E-state index in [4.69, 9.17) is 16.3 Å². The smallest absolute Gasteiger partial charge is 0.229 e. The number of methoxy groups -OCH3 is 1. The summed E-state index contributed by atoms with van der Waals surface area (Å²) in [4.78, 5) is 15.0. The molecule has 1 fully saturated rings. The number of nitrogens with one attached hydrogen (secondary N) is 1. The predicted molar refractivity (Wildman–Crippen MR) is 124 cm³/mol. The number of amides is 1. The molecule has 3 aromatic rings. The molecular weight excluding hydrogens is 412 g/mol. The van der Waals surface area contributed by atoms with Crippen LogP contribution in [0.1, 0.15) is 18.4 Å². The first-order valence-corrected chi connectivity index (χ1v) is 10.7. The Morgan fingerprint density at radius 2 is 2.03 bits per heavy atom. The van der Waals surface area contributed by atoms with Gasteiger partial charge in [-0.15, -0.1) is 10.2 Å². The number of aromatic nitrogens is 2. The number of hydrogen-bond acceptors (Lipinski definition) is 5. The molecule has 0 bridgehead atoms. The first-order valence-electron chi connectivity index (χ1n) is 10.3. The molecule has 31 heavy (non-hydrogen) atoms. The maximum Gasteiger partial charge on any atom is 0.229 e. The number of aryl methyl sites for hydroxylation is 1. The van der Waals surface area contributed by atoms with Gasteiger partial charge in [-0.1, -0.05) is 35.4 Å². The number of anilines is 2. The number of ether oxygens (including phenoxy) is 1. The minimum atomic E-state index is -0.132. The van der Waals surface area contributed by atoms with Crippen LogP contribution in [0.2, 0.25) is 5.02 Å². The van der Waals surface area contributed by atoms with Crippen LogP contribution in [0.3, 0.4) is 0 Å². The number of hydrogen-bond donors (Lipinski definition) is 1. The van der Waals surface area contributed by atoms with Crippen LogP contribution in [0.5, 0.6) is 5.75 Å². The molecule has 2 heterocycles. The van der Waals surface area contributed by atoms with E-state index in [0.29, 0.717) is 23.0 Å². The van der Waals surface area contributed by atoms with Crippen molar-refractivity contribution in [3.63, 3.8) is 0 Å². The van der Waals surface area contributed by atoms with E-state index < -0.39 is 0 Å². The highest BCUT2D eigenvalue weighted by Gasteiger charge is 2.27. The van der Waals surface area contributed by atoms with E-state index in [2.05, 4.69) is 39.5 Å². The molecule has 1 N–H and O–H groups in total. The van der Waals surface area contributed by atoms with Crippen LogP contribution >= 0.6 is 11.6 Å². The van der Waals surface area contributed by atoms with Gasteiger partial charge in [0.1, 0.15) is 5.75 Å². The van der Waals surface area contributed by atoms with Crippen LogP contribution in [0.4, 0.5) is 11.5 Å². The molecule has 2 aromatic carbocycles. The maximum atomic E-state index is 12.8. The summed E-state index contributed by atoms with van der Waals surface area (Å²) >= 11 is 6.17. The van der Waals surface area contributed by atoms with Crippen LogP contribution in [-0.4, -0.2) is 36.3 Å². The van der Waals surface area contributed by atoms with E-state index >= 15 is 0 Å². The third kappa shape index (κ3) is 4.97. The van der Waals surface area contributed by atoms with Gasteiger partial charge in [0.15, 0.2) is 5.82 Å². The van der Waals surface area contributed by atoms with Crippen molar-refractivity contribution in [2.45, 2.75) is 19.8 Å². The average molecular weight is 437 g/mol. The molecule has 1 saturated heterocycles. The lowest BCUT2D eigenvalue weighted by molar-refractivity contribution is -0.120. The summed E-state index contributed by atoms with van der Waals surface area (Å²) in [6.45, 7) is 3.52. The summed E-state index contributed by atoms with van der Waals surface area (Å²) in [5.41, 5.74) is 3.74. The SMILES string of the molecule is COc1ccc(NC(=O)C2CCCN(c3ccc(-c4cccc(C)c4)nn3)C2)cc1Cl. The molecule has 0 spiro atoms. The summed E-state index contributed by atoms with van der Waals surface area (Å²) < 4.78 is 5.16. The van der Waals surface area contributed by atoms with Crippen molar-refractivity contribution < 1.29 is 9.53 Å². The van der Waals surface area contributed by atoms with Gasteiger partial charge in [-0.2, -0.15) is 0 Å². The monoisotopic (exact) mass is 436 g/mol. The van der Waals surface area contributed by atoms with Gasteiger partial charge in [0, 0.05) is 24.3 Å². The van der Waals surface area contributed by atoms with Crippen molar-refractivity contribution in [1.29, 1.82) is 0 Å². The first kappa shape index (κ1) is 21.1. The quantitative estimate of drug-likeness (QED) is 0.611. The zero-order chi connectivity index (χ0) is 21.8. The maximum absolute atomic E-state index is 12.8. The van der Waals surface area contributed by atoms with Gasteiger partial charge in [-0.3, -0.25) is 4.79 Å². The minimum absolute atomic E-state index is 0.0183. The predicted octanol–water partition coefficient (Wildman–Crippen LogP) is 4.97. The molecule has 1 aliphatic heterocycles. The lowest BCUT2D eigenvalue weighted by atomic mass is 9.97. The summed E-state index contributed by atoms with van der Waals surface area (Å²) in [7, 11) is 1.56. The molecular formula is C24H25ClN4O2. The van der Waals surface area contributed by atoms with Gasteiger partial charge < -0.3 is 15.0 Å². The van der Waals surface area contributed by atoms with E-state index in [1.165, 1.54) is 5.56 Å². The minimum Gasteiger partial charge on any atom is -0.495 e. The summed E-state index contributed by atoms with van der Waals surface area (Å²) in [6, 6.07) is 17.4. The number of benzene rings is 2. The van der Waals surface area contributed by atoms with Crippen LogP contribution < -0.4 is 15.0 Å². The third-order valence-corrected chi connectivity index (χ3v) is 5.80. The lowest BCUT2D eigenvalue weighted by Gasteiger charge is -2.32. The van der Waals surface area contributed by atoms with Crippen LogP contribution in [0.15, 0.2) is 54.6 Å². The van der Waals surface area contributed by atoms with Crippen molar-refractivity contribution >= 4 is 29.0 Å². The van der Waals surface area contributed by atoms with Crippen LogP contribution in [0, 0.1) is 12.8 Å². The number of carbonyl (C=O) groups is 1. The van der Waals surface area contributed by atoms with Crippen LogP contribution in [0.25, 0.3) is 11.3 Å². The highest BCUT2D eigenvalue weighted by molar-refractivity contribution is 6.32. The van der Waals surface area contributed by atoms with E-state index in [-0.39, 0.29) is 11.8 Å². The Labute approximate surface area is 187 Å². The van der Waals surface area contributed by atoms with Crippen molar-refractivity contribution in [2.24, 2.45) is 5.92 Å². The van der Waals surface area contributed by atoms with Gasteiger partial charge in [0.05, 0.1) is 23.7 Å². The summed E-state index contributed by atoms with van der Waals surface area (Å²) in [5.74, 6) is 1.22. The molecule has 1 unspecified atom stereocenters. The molecule has 1 aromatic heterocycles. The molecule has 0 saturated carbocycles. The topological polar surface area (TPSA) is 67.3 Å². The molecule has 0 radical (unpaired) electrons. The Bertz CT molecular complexity index is 1070. The third-order valence-electron chi connectivity index (χ3n) is 5.50. The second-order valence-corrected chi connectivity index (χ2v) is 8.18. The van der Waals surface area contributed by atoms with E-state index in [1.807, 2.05) is 24.3 Å². The fraction of sp³-hybridized carbons (Fsp3) is 0.292. The van der Waals surface area contributed by atoms with Gasteiger partial charge in [-0.05, 0) is 56.2 Å². The molecule has 6 nitrogen and oxygen atoms in total.